The standard InChI is InChI=1S/C14H17F2NO3/c15-11-7-9(8-12(16)13(11)19)14(20)17-5-1-3-10(17)4-2-6-18/h7-8,10,18-19H,1-6H2/t10-/m0/s1. The molecule has 1 aromatic carbocycles. The molecule has 6 heteroatoms. The minimum absolute atomic E-state index is 0.00502. The molecule has 2 rings (SSSR count). The van der Waals surface area contributed by atoms with Gasteiger partial charge in [0, 0.05) is 24.8 Å². The van der Waals surface area contributed by atoms with Crippen LogP contribution in [0.2, 0.25) is 0 Å². The Kier molecular flexibility index (Phi) is 4.54. The number of hydrogen-bond donors (Lipinski definition) is 2. The highest BCUT2D eigenvalue weighted by Crippen LogP contribution is 2.26. The van der Waals surface area contributed by atoms with E-state index in [1.165, 1.54) is 0 Å². The zero-order chi connectivity index (χ0) is 14.7. The zero-order valence-corrected chi connectivity index (χ0v) is 11.0. The number of carbonyl (C=O) groups is 1. The maximum absolute atomic E-state index is 13.3. The molecule has 1 fully saturated rings. The molecule has 0 aliphatic carbocycles. The number of phenolic OH excluding ortho intramolecular Hbond substituents is 1. The van der Waals surface area contributed by atoms with Gasteiger partial charge in [-0.1, -0.05) is 0 Å². The normalized spacial score (nSPS) is 18.6. The summed E-state index contributed by atoms with van der Waals surface area (Å²) >= 11 is 0. The van der Waals surface area contributed by atoms with Crippen molar-refractivity contribution in [1.29, 1.82) is 0 Å². The molecule has 1 aliphatic rings. The molecule has 110 valence electrons. The van der Waals surface area contributed by atoms with Crippen LogP contribution >= 0.6 is 0 Å². The summed E-state index contributed by atoms with van der Waals surface area (Å²) in [7, 11) is 0. The molecular formula is C14H17F2NO3. The first kappa shape index (κ1) is 14.7. The first-order chi connectivity index (χ1) is 9.54. The third-order valence-corrected chi connectivity index (χ3v) is 3.60. The number of aliphatic hydroxyl groups is 1. The van der Waals surface area contributed by atoms with Gasteiger partial charge in [0.2, 0.25) is 0 Å². The summed E-state index contributed by atoms with van der Waals surface area (Å²) in [6, 6.07) is 1.69. The molecule has 1 atom stereocenters. The van der Waals surface area contributed by atoms with Crippen molar-refractivity contribution in [3.8, 4) is 5.75 Å². The molecule has 1 heterocycles. The van der Waals surface area contributed by atoms with Crippen LogP contribution in [0, 0.1) is 11.6 Å². The SMILES string of the molecule is O=C(c1cc(F)c(O)c(F)c1)N1CCC[C@H]1CCCO. The van der Waals surface area contributed by atoms with Gasteiger partial charge in [0.25, 0.3) is 5.91 Å². The fourth-order valence-electron chi connectivity index (χ4n) is 2.58. The van der Waals surface area contributed by atoms with E-state index >= 15 is 0 Å². The second-order valence-electron chi connectivity index (χ2n) is 4.95. The average molecular weight is 285 g/mol. The molecule has 2 N–H and O–H groups in total. The summed E-state index contributed by atoms with van der Waals surface area (Å²) in [5, 5.41) is 17.9. The average Bonchev–Trinajstić information content (AvgIpc) is 2.89. The number of hydrogen-bond acceptors (Lipinski definition) is 3. The van der Waals surface area contributed by atoms with Crippen LogP contribution in [0.25, 0.3) is 0 Å². The minimum atomic E-state index is -1.14. The van der Waals surface area contributed by atoms with Gasteiger partial charge in [-0.2, -0.15) is 0 Å². The Morgan fingerprint density at radius 1 is 1.35 bits per heavy atom. The molecular weight excluding hydrogens is 268 g/mol. The fraction of sp³-hybridized carbons (Fsp3) is 0.500. The number of aliphatic hydroxyl groups excluding tert-OH is 1. The lowest BCUT2D eigenvalue weighted by Gasteiger charge is -2.24. The number of phenols is 1. The Hall–Kier alpha value is -1.69. The van der Waals surface area contributed by atoms with E-state index in [0.29, 0.717) is 19.4 Å². The highest BCUT2D eigenvalue weighted by molar-refractivity contribution is 5.94. The third-order valence-electron chi connectivity index (χ3n) is 3.60. The highest BCUT2D eigenvalue weighted by Gasteiger charge is 2.29. The Morgan fingerprint density at radius 3 is 2.60 bits per heavy atom. The molecule has 0 spiro atoms. The number of benzene rings is 1. The molecule has 0 radical (unpaired) electrons. The fourth-order valence-corrected chi connectivity index (χ4v) is 2.58. The van der Waals surface area contributed by atoms with Crippen LogP contribution in [0.1, 0.15) is 36.0 Å². The van der Waals surface area contributed by atoms with E-state index < -0.39 is 23.3 Å². The van der Waals surface area contributed by atoms with Gasteiger partial charge in [0.15, 0.2) is 17.4 Å². The van der Waals surface area contributed by atoms with E-state index in [4.69, 9.17) is 10.2 Å². The number of amides is 1. The highest BCUT2D eigenvalue weighted by atomic mass is 19.1. The van der Waals surface area contributed by atoms with Crippen LogP contribution in [0.15, 0.2) is 12.1 Å². The molecule has 1 aliphatic heterocycles. The van der Waals surface area contributed by atoms with Crippen molar-refractivity contribution < 1.29 is 23.8 Å². The van der Waals surface area contributed by atoms with Crippen molar-refractivity contribution in [3.63, 3.8) is 0 Å². The monoisotopic (exact) mass is 285 g/mol. The van der Waals surface area contributed by atoms with Gasteiger partial charge in [-0.05, 0) is 37.8 Å². The number of rotatable bonds is 4. The maximum atomic E-state index is 13.3. The Morgan fingerprint density at radius 2 is 2.00 bits per heavy atom. The molecule has 20 heavy (non-hydrogen) atoms. The van der Waals surface area contributed by atoms with Crippen molar-refractivity contribution in [2.45, 2.75) is 31.7 Å². The van der Waals surface area contributed by atoms with Crippen molar-refractivity contribution in [1.82, 2.24) is 4.90 Å². The molecule has 1 aromatic rings. The van der Waals surface area contributed by atoms with Crippen LogP contribution in [-0.2, 0) is 0 Å². The summed E-state index contributed by atoms with van der Waals surface area (Å²) in [5.41, 5.74) is -0.103. The smallest absolute Gasteiger partial charge is 0.254 e. The summed E-state index contributed by atoms with van der Waals surface area (Å²) in [6.07, 6.45) is 2.93. The van der Waals surface area contributed by atoms with Crippen LogP contribution < -0.4 is 0 Å². The third kappa shape index (κ3) is 2.90. The van der Waals surface area contributed by atoms with E-state index in [9.17, 15) is 13.6 Å². The van der Waals surface area contributed by atoms with Crippen LogP contribution in [0.3, 0.4) is 0 Å². The van der Waals surface area contributed by atoms with Crippen molar-refractivity contribution in [3.05, 3.63) is 29.3 Å². The number of aromatic hydroxyl groups is 1. The van der Waals surface area contributed by atoms with Gasteiger partial charge in [-0.15, -0.1) is 0 Å². The predicted octanol–water partition coefficient (Wildman–Crippen LogP) is 2.05. The van der Waals surface area contributed by atoms with Crippen LogP contribution in [0.5, 0.6) is 5.75 Å². The molecule has 0 saturated carbocycles. The van der Waals surface area contributed by atoms with E-state index in [1.54, 1.807) is 4.90 Å². The lowest BCUT2D eigenvalue weighted by Crippen LogP contribution is -2.35. The molecule has 4 nitrogen and oxygen atoms in total. The Bertz CT molecular complexity index is 484. The Balaban J connectivity index is 2.18. The largest absolute Gasteiger partial charge is 0.503 e. The van der Waals surface area contributed by atoms with Gasteiger partial charge in [-0.25, -0.2) is 8.78 Å². The first-order valence-electron chi connectivity index (χ1n) is 6.64. The van der Waals surface area contributed by atoms with Crippen LogP contribution in [0.4, 0.5) is 8.78 Å². The summed E-state index contributed by atoms with van der Waals surface area (Å²) in [4.78, 5) is 13.9. The topological polar surface area (TPSA) is 60.8 Å². The summed E-state index contributed by atoms with van der Waals surface area (Å²) in [5.74, 6) is -3.79. The second-order valence-corrected chi connectivity index (χ2v) is 4.95. The molecule has 1 amide bonds. The lowest BCUT2D eigenvalue weighted by atomic mass is 10.1. The van der Waals surface area contributed by atoms with Gasteiger partial charge >= 0.3 is 0 Å². The van der Waals surface area contributed by atoms with E-state index in [2.05, 4.69) is 0 Å². The molecule has 0 unspecified atom stereocenters. The Labute approximate surface area is 115 Å². The number of carbonyl (C=O) groups excluding carboxylic acids is 1. The maximum Gasteiger partial charge on any atom is 0.254 e. The van der Waals surface area contributed by atoms with Gasteiger partial charge in [0.05, 0.1) is 0 Å². The quantitative estimate of drug-likeness (QED) is 0.890. The van der Waals surface area contributed by atoms with Gasteiger partial charge < -0.3 is 15.1 Å². The van der Waals surface area contributed by atoms with Crippen molar-refractivity contribution >= 4 is 5.91 Å². The van der Waals surface area contributed by atoms with Crippen LogP contribution in [-0.4, -0.2) is 40.2 Å². The van der Waals surface area contributed by atoms with Crippen molar-refractivity contribution in [2.75, 3.05) is 13.2 Å². The van der Waals surface area contributed by atoms with E-state index in [-0.39, 0.29) is 18.2 Å². The number of nitrogens with zero attached hydrogens (tertiary/aromatic N) is 1. The van der Waals surface area contributed by atoms with E-state index in [1.807, 2.05) is 0 Å². The lowest BCUT2D eigenvalue weighted by molar-refractivity contribution is 0.0723. The first-order valence-corrected chi connectivity index (χ1v) is 6.64. The van der Waals surface area contributed by atoms with E-state index in [0.717, 1.165) is 25.0 Å². The van der Waals surface area contributed by atoms with Crippen molar-refractivity contribution in [2.24, 2.45) is 0 Å². The molecule has 0 aromatic heterocycles. The molecule has 1 saturated heterocycles. The van der Waals surface area contributed by atoms with Gasteiger partial charge in [-0.3, -0.25) is 4.79 Å². The predicted molar refractivity (Wildman–Crippen MR) is 68.4 cm³/mol. The minimum Gasteiger partial charge on any atom is -0.503 e. The number of likely N-dealkylation sites (tertiary alicyclic amines) is 1. The molecule has 0 bridgehead atoms. The summed E-state index contributed by atoms with van der Waals surface area (Å²) in [6.45, 7) is 0.597. The zero-order valence-electron chi connectivity index (χ0n) is 11.0. The second kappa shape index (κ2) is 6.17. The summed E-state index contributed by atoms with van der Waals surface area (Å²) < 4.78 is 26.6. The van der Waals surface area contributed by atoms with Gasteiger partial charge in [0.1, 0.15) is 0 Å². The number of halogens is 2.